The van der Waals surface area contributed by atoms with E-state index in [9.17, 15) is 0 Å². The number of unbranched alkanes of at least 4 members (excludes halogenated alkanes) is 11. The van der Waals surface area contributed by atoms with Crippen LogP contribution in [-0.2, 0) is 0 Å². The van der Waals surface area contributed by atoms with Gasteiger partial charge in [0.2, 0.25) is 0 Å². The summed E-state index contributed by atoms with van der Waals surface area (Å²) in [6.07, 6.45) is 24.4. The molecule has 2 heteroatoms. The molecule has 158 valence electrons. The van der Waals surface area contributed by atoms with Crippen LogP contribution in [0.5, 0.6) is 0 Å². The van der Waals surface area contributed by atoms with Crippen LogP contribution in [0.25, 0.3) is 0 Å². The molecule has 1 heterocycles. The van der Waals surface area contributed by atoms with Gasteiger partial charge in [0.25, 0.3) is 0 Å². The van der Waals surface area contributed by atoms with Crippen LogP contribution >= 0.6 is 0 Å². The van der Waals surface area contributed by atoms with Crippen LogP contribution in [-0.4, -0.2) is 17.6 Å². The van der Waals surface area contributed by atoms with Crippen molar-refractivity contribution in [1.82, 2.24) is 4.90 Å². The molecule has 0 fully saturated rings. The van der Waals surface area contributed by atoms with Crippen molar-refractivity contribution in [2.45, 2.75) is 110 Å². The first kappa shape index (κ1) is 22.8. The monoisotopic (exact) mass is 384 g/mol. The fourth-order valence-electron chi connectivity index (χ4n) is 4.26. The summed E-state index contributed by atoms with van der Waals surface area (Å²) >= 11 is 0. The van der Waals surface area contributed by atoms with Crippen molar-refractivity contribution in [3.63, 3.8) is 0 Å². The van der Waals surface area contributed by atoms with Gasteiger partial charge in [0, 0.05) is 24.6 Å². The average molecular weight is 385 g/mol. The van der Waals surface area contributed by atoms with Crippen molar-refractivity contribution in [2.75, 3.05) is 11.4 Å². The Balaban J connectivity index is 1.70. The highest BCUT2D eigenvalue weighted by Gasteiger charge is 2.26. The lowest BCUT2D eigenvalue weighted by Crippen LogP contribution is -2.39. The Morgan fingerprint density at radius 3 is 1.86 bits per heavy atom. The molecule has 1 aromatic rings. The van der Waals surface area contributed by atoms with E-state index in [1.165, 1.54) is 102 Å². The number of nitrogens with zero attached hydrogens (tertiary/aromatic N) is 2. The molecule has 0 N–H and O–H groups in total. The third kappa shape index (κ3) is 8.29. The van der Waals surface area contributed by atoms with Gasteiger partial charge >= 0.3 is 0 Å². The quantitative estimate of drug-likeness (QED) is 0.266. The van der Waals surface area contributed by atoms with Crippen molar-refractivity contribution in [3.05, 3.63) is 42.7 Å². The van der Waals surface area contributed by atoms with Gasteiger partial charge in [-0.25, -0.2) is 0 Å². The normalized spacial score (nSPS) is 16.3. The fourth-order valence-corrected chi connectivity index (χ4v) is 4.26. The zero-order chi connectivity index (χ0) is 19.9. The van der Waals surface area contributed by atoms with Crippen LogP contribution in [0.1, 0.15) is 104 Å². The van der Waals surface area contributed by atoms with Gasteiger partial charge in [0.1, 0.15) is 6.17 Å². The average Bonchev–Trinajstić information content (AvgIpc) is 3.13. The molecule has 0 bridgehead atoms. The van der Waals surface area contributed by atoms with Crippen LogP contribution in [0, 0.1) is 0 Å². The minimum Gasteiger partial charge on any atom is -0.356 e. The Kier molecular flexibility index (Phi) is 11.9. The number of hydrogen-bond donors (Lipinski definition) is 0. The zero-order valence-electron chi connectivity index (χ0n) is 18.6. The summed E-state index contributed by atoms with van der Waals surface area (Å²) in [5, 5.41) is 0. The molecule has 0 saturated heterocycles. The molecule has 1 aliphatic heterocycles. The molecule has 1 unspecified atom stereocenters. The minimum absolute atomic E-state index is 0.508. The topological polar surface area (TPSA) is 6.48 Å². The molecule has 1 aliphatic rings. The lowest BCUT2D eigenvalue weighted by molar-refractivity contribution is 0.274. The first-order chi connectivity index (χ1) is 13.9. The maximum absolute atomic E-state index is 2.58. The maximum Gasteiger partial charge on any atom is 0.105 e. The summed E-state index contributed by atoms with van der Waals surface area (Å²) in [7, 11) is 0. The molecule has 2 nitrogen and oxygen atoms in total. The summed E-state index contributed by atoms with van der Waals surface area (Å²) in [6, 6.07) is 10.9. The van der Waals surface area contributed by atoms with E-state index in [-0.39, 0.29) is 0 Å². The predicted octanol–water partition coefficient (Wildman–Crippen LogP) is 8.11. The van der Waals surface area contributed by atoms with Gasteiger partial charge in [0.15, 0.2) is 0 Å². The van der Waals surface area contributed by atoms with Crippen LogP contribution in [0.4, 0.5) is 5.69 Å². The largest absolute Gasteiger partial charge is 0.356 e. The highest BCUT2D eigenvalue weighted by atomic mass is 15.4. The van der Waals surface area contributed by atoms with Gasteiger partial charge in [-0.2, -0.15) is 0 Å². The number of hydrogen-bond acceptors (Lipinski definition) is 2. The molecule has 0 radical (unpaired) electrons. The molecule has 2 rings (SSSR count). The molecule has 1 aromatic carbocycles. The van der Waals surface area contributed by atoms with E-state index in [0.717, 1.165) is 0 Å². The molecular formula is C26H44N2. The Bertz CT molecular complexity index is 510. The molecule has 0 spiro atoms. The Morgan fingerprint density at radius 2 is 1.21 bits per heavy atom. The van der Waals surface area contributed by atoms with Gasteiger partial charge in [-0.05, 0) is 31.4 Å². The smallest absolute Gasteiger partial charge is 0.105 e. The molecule has 0 aliphatic carbocycles. The zero-order valence-corrected chi connectivity index (χ0v) is 18.6. The van der Waals surface area contributed by atoms with E-state index in [1.54, 1.807) is 0 Å². The first-order valence-electron chi connectivity index (χ1n) is 12.1. The summed E-state index contributed by atoms with van der Waals surface area (Å²) in [4.78, 5) is 5.07. The fraction of sp³-hybridized carbons (Fsp3) is 0.692. The predicted molar refractivity (Wildman–Crippen MR) is 125 cm³/mol. The van der Waals surface area contributed by atoms with Gasteiger partial charge < -0.3 is 9.80 Å². The van der Waals surface area contributed by atoms with Gasteiger partial charge in [0.05, 0.1) is 0 Å². The van der Waals surface area contributed by atoms with E-state index < -0.39 is 0 Å². The highest BCUT2D eigenvalue weighted by molar-refractivity contribution is 5.51. The summed E-state index contributed by atoms with van der Waals surface area (Å²) in [6.45, 7) is 5.78. The standard InChI is InChI=1S/C26H44N2/c1-3-5-7-8-9-10-11-12-13-17-21-26-27(22-18-6-4-2)23-24-28(26)25-19-15-14-16-20-25/h14-16,19-20,23-24,26H,3-13,17-18,21-22H2,1-2H3. The molecule has 28 heavy (non-hydrogen) atoms. The van der Waals surface area contributed by atoms with Gasteiger partial charge in [-0.3, -0.25) is 0 Å². The van der Waals surface area contributed by atoms with Crippen molar-refractivity contribution in [2.24, 2.45) is 0 Å². The lowest BCUT2D eigenvalue weighted by Gasteiger charge is -2.33. The Labute approximate surface area is 175 Å². The Hall–Kier alpha value is -1.44. The van der Waals surface area contributed by atoms with E-state index in [1.807, 2.05) is 0 Å². The third-order valence-corrected chi connectivity index (χ3v) is 6.01. The molecule has 0 saturated carbocycles. The van der Waals surface area contributed by atoms with Crippen LogP contribution in [0.15, 0.2) is 42.7 Å². The minimum atomic E-state index is 0.508. The first-order valence-corrected chi connectivity index (χ1v) is 12.1. The SMILES string of the molecule is CCCCCCCCCCCCC1N(CCCCC)C=CN1c1ccccc1. The van der Waals surface area contributed by atoms with E-state index in [4.69, 9.17) is 0 Å². The van der Waals surface area contributed by atoms with E-state index in [2.05, 4.69) is 66.4 Å². The van der Waals surface area contributed by atoms with Crippen molar-refractivity contribution < 1.29 is 0 Å². The molecule has 1 atom stereocenters. The Morgan fingerprint density at radius 1 is 0.643 bits per heavy atom. The number of benzene rings is 1. The summed E-state index contributed by atoms with van der Waals surface area (Å²) < 4.78 is 0. The van der Waals surface area contributed by atoms with Crippen molar-refractivity contribution >= 4 is 5.69 Å². The number of rotatable bonds is 16. The lowest BCUT2D eigenvalue weighted by atomic mass is 10.0. The van der Waals surface area contributed by atoms with Gasteiger partial charge in [-0.15, -0.1) is 0 Å². The van der Waals surface area contributed by atoms with E-state index in [0.29, 0.717) is 6.17 Å². The second kappa shape index (κ2) is 14.5. The van der Waals surface area contributed by atoms with Crippen LogP contribution in [0.3, 0.4) is 0 Å². The molecule has 0 aromatic heterocycles. The van der Waals surface area contributed by atoms with Crippen molar-refractivity contribution in [1.29, 1.82) is 0 Å². The second-order valence-electron chi connectivity index (χ2n) is 8.44. The molecule has 0 amide bonds. The molecular weight excluding hydrogens is 340 g/mol. The summed E-state index contributed by atoms with van der Waals surface area (Å²) in [5.41, 5.74) is 1.33. The highest BCUT2D eigenvalue weighted by Crippen LogP contribution is 2.28. The van der Waals surface area contributed by atoms with Crippen LogP contribution < -0.4 is 4.90 Å². The summed E-state index contributed by atoms with van der Waals surface area (Å²) in [5.74, 6) is 0. The second-order valence-corrected chi connectivity index (χ2v) is 8.44. The number of anilines is 1. The number of para-hydroxylation sites is 1. The van der Waals surface area contributed by atoms with Gasteiger partial charge in [-0.1, -0.05) is 103 Å². The van der Waals surface area contributed by atoms with E-state index >= 15 is 0 Å². The third-order valence-electron chi connectivity index (χ3n) is 6.01. The van der Waals surface area contributed by atoms with Crippen molar-refractivity contribution in [3.8, 4) is 0 Å². The maximum atomic E-state index is 2.58. The van der Waals surface area contributed by atoms with Crippen LogP contribution in [0.2, 0.25) is 0 Å².